The molecule has 0 radical (unpaired) electrons. The van der Waals surface area contributed by atoms with Gasteiger partial charge in [-0.05, 0) is 43.2 Å². The lowest BCUT2D eigenvalue weighted by molar-refractivity contribution is 0.616. The fourth-order valence-electron chi connectivity index (χ4n) is 2.62. The van der Waals surface area contributed by atoms with Gasteiger partial charge < -0.3 is 5.73 Å². The number of imidazole rings is 1. The zero-order chi connectivity index (χ0) is 13.7. The lowest BCUT2D eigenvalue weighted by atomic mass is 10.2. The van der Waals surface area contributed by atoms with E-state index >= 15 is 0 Å². The Morgan fingerprint density at radius 3 is 2.70 bits per heavy atom. The normalized spacial score (nSPS) is 14.8. The molecule has 1 fully saturated rings. The summed E-state index contributed by atoms with van der Waals surface area (Å²) in [6.45, 7) is 0. The molecule has 2 N–H and O–H groups in total. The number of halogens is 1. The number of hydrogen-bond acceptors (Lipinski definition) is 2. The standard InChI is InChI=1S/C16H14FN3/c17-12-3-1-2-4-14(12)20-15-8-7-11(18)9-13(15)19-16(20)10-5-6-10/h1-4,7-10H,5-6,18H2. The summed E-state index contributed by atoms with van der Waals surface area (Å²) in [5, 5.41) is 0. The Morgan fingerprint density at radius 1 is 1.15 bits per heavy atom. The van der Waals surface area contributed by atoms with E-state index in [4.69, 9.17) is 5.73 Å². The summed E-state index contributed by atoms with van der Waals surface area (Å²) in [7, 11) is 0. The minimum absolute atomic E-state index is 0.231. The second kappa shape index (κ2) is 4.07. The summed E-state index contributed by atoms with van der Waals surface area (Å²) in [6, 6.07) is 12.4. The van der Waals surface area contributed by atoms with Gasteiger partial charge in [-0.2, -0.15) is 0 Å². The first-order valence-electron chi connectivity index (χ1n) is 6.77. The van der Waals surface area contributed by atoms with Gasteiger partial charge in [-0.3, -0.25) is 4.57 Å². The Kier molecular flexibility index (Phi) is 2.33. The van der Waals surface area contributed by atoms with Gasteiger partial charge >= 0.3 is 0 Å². The zero-order valence-electron chi connectivity index (χ0n) is 10.9. The summed E-state index contributed by atoms with van der Waals surface area (Å²) in [4.78, 5) is 4.67. The van der Waals surface area contributed by atoms with Crippen LogP contribution in [0.1, 0.15) is 24.6 Å². The summed E-state index contributed by atoms with van der Waals surface area (Å²) < 4.78 is 16.1. The topological polar surface area (TPSA) is 43.8 Å². The van der Waals surface area contributed by atoms with E-state index in [2.05, 4.69) is 4.98 Å². The highest BCUT2D eigenvalue weighted by Crippen LogP contribution is 2.42. The van der Waals surface area contributed by atoms with Crippen LogP contribution in [-0.4, -0.2) is 9.55 Å². The zero-order valence-corrected chi connectivity index (χ0v) is 10.9. The van der Waals surface area contributed by atoms with Gasteiger partial charge in [0.1, 0.15) is 11.6 Å². The number of anilines is 1. The van der Waals surface area contributed by atoms with Gasteiger partial charge in [-0.15, -0.1) is 0 Å². The average molecular weight is 267 g/mol. The Labute approximate surface area is 115 Å². The first kappa shape index (κ1) is 11.5. The van der Waals surface area contributed by atoms with Gasteiger partial charge in [0.05, 0.1) is 16.7 Å². The molecule has 0 bridgehead atoms. The van der Waals surface area contributed by atoms with Crippen LogP contribution in [0.4, 0.5) is 10.1 Å². The van der Waals surface area contributed by atoms with Crippen molar-refractivity contribution in [1.29, 1.82) is 0 Å². The van der Waals surface area contributed by atoms with E-state index in [1.807, 2.05) is 28.8 Å². The molecular formula is C16H14FN3. The molecule has 0 aliphatic heterocycles. The second-order valence-electron chi connectivity index (χ2n) is 5.28. The third-order valence-electron chi connectivity index (χ3n) is 3.74. The lowest BCUT2D eigenvalue weighted by Crippen LogP contribution is -2.02. The summed E-state index contributed by atoms with van der Waals surface area (Å²) >= 11 is 0. The van der Waals surface area contributed by atoms with E-state index < -0.39 is 0 Å². The van der Waals surface area contributed by atoms with E-state index in [0.29, 0.717) is 17.3 Å². The molecule has 20 heavy (non-hydrogen) atoms. The fourth-order valence-corrected chi connectivity index (χ4v) is 2.62. The predicted octanol–water partition coefficient (Wildman–Crippen LogP) is 3.62. The maximum absolute atomic E-state index is 14.2. The third-order valence-corrected chi connectivity index (χ3v) is 3.74. The molecule has 4 heteroatoms. The smallest absolute Gasteiger partial charge is 0.147 e. The SMILES string of the molecule is Nc1ccc2c(c1)nc(C1CC1)n2-c1ccccc1F. The van der Waals surface area contributed by atoms with Crippen molar-refractivity contribution in [2.45, 2.75) is 18.8 Å². The van der Waals surface area contributed by atoms with Crippen molar-refractivity contribution >= 4 is 16.7 Å². The van der Waals surface area contributed by atoms with Gasteiger partial charge in [0.2, 0.25) is 0 Å². The van der Waals surface area contributed by atoms with E-state index in [9.17, 15) is 4.39 Å². The number of hydrogen-bond donors (Lipinski definition) is 1. The molecule has 1 heterocycles. The summed E-state index contributed by atoms with van der Waals surface area (Å²) in [5.41, 5.74) is 8.79. The minimum Gasteiger partial charge on any atom is -0.399 e. The Bertz CT molecular complexity index is 803. The van der Waals surface area contributed by atoms with E-state index in [1.165, 1.54) is 6.07 Å². The molecule has 0 saturated heterocycles. The molecule has 1 aromatic heterocycles. The van der Waals surface area contributed by atoms with Gasteiger partial charge in [-0.25, -0.2) is 9.37 Å². The highest BCUT2D eigenvalue weighted by molar-refractivity contribution is 5.81. The van der Waals surface area contributed by atoms with Crippen LogP contribution in [-0.2, 0) is 0 Å². The number of nitrogens with zero attached hydrogens (tertiary/aromatic N) is 2. The van der Waals surface area contributed by atoms with Crippen molar-refractivity contribution in [2.24, 2.45) is 0 Å². The molecule has 1 aliphatic carbocycles. The van der Waals surface area contributed by atoms with E-state index in [-0.39, 0.29) is 5.82 Å². The number of nitrogens with two attached hydrogens (primary N) is 1. The van der Waals surface area contributed by atoms with Crippen LogP contribution < -0.4 is 5.73 Å². The molecular weight excluding hydrogens is 253 g/mol. The average Bonchev–Trinajstić information content (AvgIpc) is 3.21. The Morgan fingerprint density at radius 2 is 1.95 bits per heavy atom. The van der Waals surface area contributed by atoms with Gasteiger partial charge in [0.25, 0.3) is 0 Å². The minimum atomic E-state index is -0.231. The van der Waals surface area contributed by atoms with Crippen molar-refractivity contribution < 1.29 is 4.39 Å². The molecule has 1 aliphatic rings. The molecule has 0 spiro atoms. The van der Waals surface area contributed by atoms with Crippen molar-refractivity contribution in [3.8, 4) is 5.69 Å². The van der Waals surface area contributed by atoms with Crippen LogP contribution in [0.25, 0.3) is 16.7 Å². The number of benzene rings is 2. The third kappa shape index (κ3) is 1.68. The molecule has 3 aromatic rings. The first-order valence-corrected chi connectivity index (χ1v) is 6.77. The van der Waals surface area contributed by atoms with E-state index in [0.717, 1.165) is 29.7 Å². The van der Waals surface area contributed by atoms with Crippen LogP contribution in [0.2, 0.25) is 0 Å². The number of nitrogen functional groups attached to an aromatic ring is 1. The molecule has 0 unspecified atom stereocenters. The van der Waals surface area contributed by atoms with Crippen molar-refractivity contribution in [1.82, 2.24) is 9.55 Å². The largest absolute Gasteiger partial charge is 0.399 e. The predicted molar refractivity (Wildman–Crippen MR) is 77.4 cm³/mol. The number of fused-ring (bicyclic) bond motifs is 1. The molecule has 0 amide bonds. The van der Waals surface area contributed by atoms with Crippen LogP contribution in [0.15, 0.2) is 42.5 Å². The molecule has 4 rings (SSSR count). The number of rotatable bonds is 2. The molecule has 1 saturated carbocycles. The number of para-hydroxylation sites is 1. The monoisotopic (exact) mass is 267 g/mol. The van der Waals surface area contributed by atoms with Gasteiger partial charge in [-0.1, -0.05) is 12.1 Å². The molecule has 0 atom stereocenters. The Balaban J connectivity index is 2.06. The second-order valence-corrected chi connectivity index (χ2v) is 5.28. The van der Waals surface area contributed by atoms with Crippen molar-refractivity contribution in [3.05, 3.63) is 54.1 Å². The fraction of sp³-hybridized carbons (Fsp3) is 0.188. The highest BCUT2D eigenvalue weighted by atomic mass is 19.1. The van der Waals surface area contributed by atoms with Crippen LogP contribution in [0.3, 0.4) is 0 Å². The van der Waals surface area contributed by atoms with Gasteiger partial charge in [0.15, 0.2) is 0 Å². The number of aromatic nitrogens is 2. The quantitative estimate of drug-likeness (QED) is 0.721. The maximum atomic E-state index is 14.2. The lowest BCUT2D eigenvalue weighted by Gasteiger charge is -2.09. The first-order chi connectivity index (χ1) is 9.74. The van der Waals surface area contributed by atoms with Crippen molar-refractivity contribution in [3.63, 3.8) is 0 Å². The van der Waals surface area contributed by atoms with Crippen LogP contribution >= 0.6 is 0 Å². The van der Waals surface area contributed by atoms with Crippen LogP contribution in [0, 0.1) is 5.82 Å². The molecule has 2 aromatic carbocycles. The Hall–Kier alpha value is -2.36. The summed E-state index contributed by atoms with van der Waals surface area (Å²) in [5.74, 6) is 1.14. The van der Waals surface area contributed by atoms with Gasteiger partial charge in [0, 0.05) is 11.6 Å². The van der Waals surface area contributed by atoms with E-state index in [1.54, 1.807) is 12.1 Å². The summed E-state index contributed by atoms with van der Waals surface area (Å²) in [6.07, 6.45) is 2.24. The van der Waals surface area contributed by atoms with Crippen LogP contribution in [0.5, 0.6) is 0 Å². The molecule has 3 nitrogen and oxygen atoms in total. The maximum Gasteiger partial charge on any atom is 0.147 e. The van der Waals surface area contributed by atoms with Crippen molar-refractivity contribution in [2.75, 3.05) is 5.73 Å². The molecule has 100 valence electrons. The highest BCUT2D eigenvalue weighted by Gasteiger charge is 2.30.